The fraction of sp³-hybridized carbons (Fsp3) is 0.182. The van der Waals surface area contributed by atoms with Crippen LogP contribution < -0.4 is 14.9 Å². The Bertz CT molecular complexity index is 2040. The van der Waals surface area contributed by atoms with Crippen LogP contribution in [0.3, 0.4) is 0 Å². The Balaban J connectivity index is 1.50. The van der Waals surface area contributed by atoms with Crippen LogP contribution in [0.2, 0.25) is 5.02 Å². The molecule has 0 unspecified atom stereocenters. The Morgan fingerprint density at radius 2 is 1.81 bits per heavy atom. The molecule has 0 N–H and O–H groups in total. The molecule has 3 heterocycles. The van der Waals surface area contributed by atoms with E-state index < -0.39 is 12.0 Å². The number of allylic oxidation sites excluding steroid dienone is 1. The number of hydrogen-bond donors (Lipinski definition) is 0. The lowest BCUT2D eigenvalue weighted by Crippen LogP contribution is -2.40. The van der Waals surface area contributed by atoms with Crippen LogP contribution in [0.5, 0.6) is 0 Å². The van der Waals surface area contributed by atoms with Crippen LogP contribution in [0, 0.1) is 0 Å². The van der Waals surface area contributed by atoms with Crippen molar-refractivity contribution >= 4 is 61.8 Å². The molecule has 3 aromatic carbocycles. The molecule has 1 aliphatic rings. The van der Waals surface area contributed by atoms with Crippen LogP contribution in [0.4, 0.5) is 0 Å². The molecule has 1 atom stereocenters. The number of rotatable bonds is 6. The fourth-order valence-electron chi connectivity index (χ4n) is 5.27. The van der Waals surface area contributed by atoms with E-state index in [1.807, 2.05) is 42.5 Å². The molecule has 1 aliphatic heterocycles. The lowest BCUT2D eigenvalue weighted by Gasteiger charge is -2.25. The van der Waals surface area contributed by atoms with Gasteiger partial charge in [-0.1, -0.05) is 81.3 Å². The predicted molar refractivity (Wildman–Crippen MR) is 172 cm³/mol. The SMILES string of the molecule is CC1=C(C(=O)OC(C)C)[C@@H](c2ccc(Cl)cc2)n2c(s/c(=C/c3cn(Cc4ccc(Br)cc4)c4ccccc34)c2=O)=N1. The number of ether oxygens (including phenoxy) is 1. The average molecular weight is 661 g/mol. The van der Waals surface area contributed by atoms with Crippen molar-refractivity contribution in [2.45, 2.75) is 39.5 Å². The maximum Gasteiger partial charge on any atom is 0.338 e. The highest BCUT2D eigenvalue weighted by atomic mass is 79.9. The highest BCUT2D eigenvalue weighted by Gasteiger charge is 2.33. The van der Waals surface area contributed by atoms with Crippen molar-refractivity contribution in [3.05, 3.63) is 136 Å². The second-order valence-electron chi connectivity index (χ2n) is 10.4. The molecule has 5 aromatic rings. The van der Waals surface area contributed by atoms with Gasteiger partial charge in [0.15, 0.2) is 4.80 Å². The Labute approximate surface area is 260 Å². The smallest absolute Gasteiger partial charge is 0.338 e. The van der Waals surface area contributed by atoms with Gasteiger partial charge in [0.05, 0.1) is 27.9 Å². The fourth-order valence-corrected chi connectivity index (χ4v) is 6.70. The zero-order chi connectivity index (χ0) is 29.5. The van der Waals surface area contributed by atoms with Gasteiger partial charge >= 0.3 is 5.97 Å². The number of para-hydroxylation sites is 1. The number of halogens is 2. The maximum absolute atomic E-state index is 14.1. The van der Waals surface area contributed by atoms with Crippen molar-refractivity contribution in [3.8, 4) is 0 Å². The maximum atomic E-state index is 14.1. The van der Waals surface area contributed by atoms with Gasteiger partial charge in [-0.05, 0) is 68.3 Å². The molecule has 0 fully saturated rings. The average Bonchev–Trinajstić information content (AvgIpc) is 3.45. The second-order valence-corrected chi connectivity index (χ2v) is 12.8. The Kier molecular flexibility index (Phi) is 7.79. The van der Waals surface area contributed by atoms with Gasteiger partial charge in [0.1, 0.15) is 0 Å². The number of thiazole rings is 1. The summed E-state index contributed by atoms with van der Waals surface area (Å²) in [6.07, 6.45) is 3.69. The van der Waals surface area contributed by atoms with Gasteiger partial charge in [-0.2, -0.15) is 0 Å². The van der Waals surface area contributed by atoms with Gasteiger partial charge in [0.25, 0.3) is 5.56 Å². The summed E-state index contributed by atoms with van der Waals surface area (Å²) in [4.78, 5) is 32.7. The Morgan fingerprint density at radius 3 is 2.52 bits per heavy atom. The number of aromatic nitrogens is 2. The van der Waals surface area contributed by atoms with Crippen LogP contribution in [-0.2, 0) is 16.1 Å². The third-order valence-corrected chi connectivity index (χ3v) is 8.91. The molecular weight excluding hydrogens is 634 g/mol. The van der Waals surface area contributed by atoms with Gasteiger partial charge in [-0.15, -0.1) is 0 Å². The summed E-state index contributed by atoms with van der Waals surface area (Å²) >= 11 is 11.0. The molecule has 0 radical (unpaired) electrons. The lowest BCUT2D eigenvalue weighted by molar-refractivity contribution is -0.143. The van der Waals surface area contributed by atoms with E-state index in [0.29, 0.717) is 32.2 Å². The molecule has 9 heteroatoms. The topological polar surface area (TPSA) is 65.6 Å². The van der Waals surface area contributed by atoms with Crippen molar-refractivity contribution in [1.29, 1.82) is 0 Å². The summed E-state index contributed by atoms with van der Waals surface area (Å²) in [5, 5.41) is 1.62. The summed E-state index contributed by atoms with van der Waals surface area (Å²) in [5.41, 5.74) is 4.59. The highest BCUT2D eigenvalue weighted by Crippen LogP contribution is 2.32. The number of benzene rings is 3. The minimum absolute atomic E-state index is 0.217. The standard InChI is InChI=1S/C33H27BrClN3O3S/c1-19(2)41-32(40)29-20(3)36-33-38(30(29)22-10-14-25(35)15-11-22)31(39)28(42-33)16-23-18-37(27-7-5-4-6-26(23)27)17-21-8-12-24(34)13-9-21/h4-16,18-19,30H,17H2,1-3H3/b28-16+/t30-/m1/s1. The van der Waals surface area contributed by atoms with E-state index in [1.54, 1.807) is 37.5 Å². The number of nitrogens with zero attached hydrogens (tertiary/aromatic N) is 3. The number of esters is 1. The molecule has 6 rings (SSSR count). The molecule has 42 heavy (non-hydrogen) atoms. The summed E-state index contributed by atoms with van der Waals surface area (Å²) in [5.74, 6) is -0.489. The van der Waals surface area contributed by atoms with E-state index in [2.05, 4.69) is 51.0 Å². The van der Waals surface area contributed by atoms with E-state index in [4.69, 9.17) is 21.3 Å². The van der Waals surface area contributed by atoms with Gasteiger partial charge < -0.3 is 9.30 Å². The summed E-state index contributed by atoms with van der Waals surface area (Å²) < 4.78 is 11.0. The first kappa shape index (κ1) is 28.4. The van der Waals surface area contributed by atoms with Crippen molar-refractivity contribution in [2.24, 2.45) is 4.99 Å². The third kappa shape index (κ3) is 5.42. The quantitative estimate of drug-likeness (QED) is 0.193. The third-order valence-electron chi connectivity index (χ3n) is 7.14. The minimum atomic E-state index is -0.689. The van der Waals surface area contributed by atoms with E-state index >= 15 is 0 Å². The second kappa shape index (κ2) is 11.5. The van der Waals surface area contributed by atoms with Crippen LogP contribution in [0.25, 0.3) is 17.0 Å². The first-order valence-corrected chi connectivity index (χ1v) is 15.5. The molecule has 0 saturated heterocycles. The van der Waals surface area contributed by atoms with Gasteiger partial charge in [0.2, 0.25) is 0 Å². The Morgan fingerprint density at radius 1 is 1.10 bits per heavy atom. The molecule has 0 amide bonds. The molecule has 212 valence electrons. The zero-order valence-corrected chi connectivity index (χ0v) is 26.3. The number of carbonyl (C=O) groups excluding carboxylic acids is 1. The number of hydrogen-bond acceptors (Lipinski definition) is 5. The molecule has 0 saturated carbocycles. The molecule has 0 bridgehead atoms. The van der Waals surface area contributed by atoms with Gasteiger partial charge in [-0.25, -0.2) is 9.79 Å². The number of carbonyl (C=O) groups is 1. The monoisotopic (exact) mass is 659 g/mol. The molecule has 2 aromatic heterocycles. The lowest BCUT2D eigenvalue weighted by atomic mass is 9.96. The summed E-state index contributed by atoms with van der Waals surface area (Å²) in [6, 6.07) is 22.9. The van der Waals surface area contributed by atoms with Gasteiger partial charge in [0, 0.05) is 38.7 Å². The molecule has 0 aliphatic carbocycles. The largest absolute Gasteiger partial charge is 0.459 e. The minimum Gasteiger partial charge on any atom is -0.459 e. The van der Waals surface area contributed by atoms with Crippen molar-refractivity contribution in [1.82, 2.24) is 9.13 Å². The van der Waals surface area contributed by atoms with E-state index in [0.717, 1.165) is 26.5 Å². The van der Waals surface area contributed by atoms with Crippen molar-refractivity contribution in [2.75, 3.05) is 0 Å². The normalized spacial score (nSPS) is 15.3. The predicted octanol–water partition coefficient (Wildman–Crippen LogP) is 6.61. The van der Waals surface area contributed by atoms with Crippen LogP contribution >= 0.6 is 38.9 Å². The van der Waals surface area contributed by atoms with E-state index in [-0.39, 0.29) is 11.7 Å². The van der Waals surface area contributed by atoms with Crippen LogP contribution in [0.1, 0.15) is 43.5 Å². The van der Waals surface area contributed by atoms with Crippen molar-refractivity contribution < 1.29 is 9.53 Å². The summed E-state index contributed by atoms with van der Waals surface area (Å²) in [6.45, 7) is 6.08. The number of fused-ring (bicyclic) bond motifs is 2. The molecule has 0 spiro atoms. The van der Waals surface area contributed by atoms with Crippen LogP contribution in [-0.4, -0.2) is 21.2 Å². The van der Waals surface area contributed by atoms with E-state index in [9.17, 15) is 9.59 Å². The van der Waals surface area contributed by atoms with Crippen LogP contribution in [0.15, 0.2) is 105 Å². The Hall–Kier alpha value is -3.72. The van der Waals surface area contributed by atoms with E-state index in [1.165, 1.54) is 16.9 Å². The molecule has 6 nitrogen and oxygen atoms in total. The van der Waals surface area contributed by atoms with Crippen molar-refractivity contribution in [3.63, 3.8) is 0 Å². The highest BCUT2D eigenvalue weighted by molar-refractivity contribution is 9.10. The first-order chi connectivity index (χ1) is 20.2. The zero-order valence-electron chi connectivity index (χ0n) is 23.2. The first-order valence-electron chi connectivity index (χ1n) is 13.5. The summed E-state index contributed by atoms with van der Waals surface area (Å²) in [7, 11) is 0. The molecular formula is C33H27BrClN3O3S. The van der Waals surface area contributed by atoms with Gasteiger partial charge in [-0.3, -0.25) is 9.36 Å².